The maximum atomic E-state index is 4.23. The molecular formula is C6H7IN2S. The maximum absolute atomic E-state index is 4.23. The van der Waals surface area contributed by atoms with E-state index < -0.39 is 0 Å². The maximum Gasteiger partial charge on any atom is 0.136 e. The number of aryl methyl sites for hydroxylation is 1. The normalized spacial score (nSPS) is 9.40. The highest BCUT2D eigenvalue weighted by Gasteiger charge is 1.89. The molecule has 1 rings (SSSR count). The van der Waals surface area contributed by atoms with Crippen LogP contribution in [0.4, 0.5) is 5.82 Å². The topological polar surface area (TPSA) is 24.9 Å². The van der Waals surface area contributed by atoms with Gasteiger partial charge in [-0.25, -0.2) is 4.98 Å². The second-order valence-corrected chi connectivity index (χ2v) is 3.52. The first-order valence-corrected chi connectivity index (χ1v) is 6.16. The van der Waals surface area contributed by atoms with Gasteiger partial charge in [-0.05, 0) is 19.1 Å². The minimum absolute atomic E-state index is 0.916. The van der Waals surface area contributed by atoms with Crippen LogP contribution in [0.15, 0.2) is 18.2 Å². The molecule has 1 aromatic heterocycles. The Morgan fingerprint density at radius 1 is 1.60 bits per heavy atom. The standard InChI is InChI=1S/C6H7IN2S/c1-5-3-2-4-6(8-5)9-10-7/h2-4H,1H3,(H,8,9). The third-order valence-electron chi connectivity index (χ3n) is 1.03. The summed E-state index contributed by atoms with van der Waals surface area (Å²) < 4.78 is 3.04. The molecule has 0 aliphatic heterocycles. The highest BCUT2D eigenvalue weighted by molar-refractivity contribution is 14.2. The Morgan fingerprint density at radius 3 is 3.00 bits per heavy atom. The second-order valence-electron chi connectivity index (χ2n) is 1.84. The Bertz CT molecular complexity index is 217. The van der Waals surface area contributed by atoms with Crippen molar-refractivity contribution in [1.29, 1.82) is 0 Å². The summed E-state index contributed by atoms with van der Waals surface area (Å²) in [6.45, 7) is 1.98. The van der Waals surface area contributed by atoms with E-state index in [1.165, 1.54) is 9.12 Å². The number of rotatable bonds is 2. The van der Waals surface area contributed by atoms with Gasteiger partial charge in [0.25, 0.3) is 0 Å². The van der Waals surface area contributed by atoms with E-state index in [1.807, 2.05) is 25.1 Å². The number of halogens is 1. The van der Waals surface area contributed by atoms with Gasteiger partial charge in [0.1, 0.15) is 5.82 Å². The molecule has 0 atom stereocenters. The summed E-state index contributed by atoms with van der Waals surface area (Å²) >= 11 is 2.17. The number of aromatic nitrogens is 1. The lowest BCUT2D eigenvalue weighted by molar-refractivity contribution is 1.21. The number of pyridine rings is 1. The first-order chi connectivity index (χ1) is 4.83. The third kappa shape index (κ3) is 2.34. The van der Waals surface area contributed by atoms with Crippen molar-refractivity contribution in [2.24, 2.45) is 0 Å². The largest absolute Gasteiger partial charge is 0.306 e. The molecule has 0 saturated carbocycles. The highest BCUT2D eigenvalue weighted by atomic mass is 127. The summed E-state index contributed by atoms with van der Waals surface area (Å²) in [5.41, 5.74) is 1.04. The van der Waals surface area contributed by atoms with Gasteiger partial charge in [0, 0.05) is 36.0 Å². The van der Waals surface area contributed by atoms with Gasteiger partial charge in [-0.15, -0.1) is 0 Å². The molecule has 0 spiro atoms. The summed E-state index contributed by atoms with van der Waals surface area (Å²) in [6.07, 6.45) is 0. The van der Waals surface area contributed by atoms with E-state index in [2.05, 4.69) is 30.9 Å². The molecule has 0 aromatic carbocycles. The van der Waals surface area contributed by atoms with Crippen LogP contribution in [0.1, 0.15) is 5.69 Å². The molecule has 0 bridgehead atoms. The first-order valence-electron chi connectivity index (χ1n) is 2.80. The van der Waals surface area contributed by atoms with Gasteiger partial charge in [-0.3, -0.25) is 0 Å². The van der Waals surface area contributed by atoms with E-state index in [0.717, 1.165) is 11.5 Å². The molecule has 1 aromatic rings. The van der Waals surface area contributed by atoms with Gasteiger partial charge in [0.2, 0.25) is 0 Å². The van der Waals surface area contributed by atoms with Crippen LogP contribution >= 0.6 is 30.3 Å². The average molecular weight is 266 g/mol. The quantitative estimate of drug-likeness (QED) is 0.658. The van der Waals surface area contributed by atoms with Crippen molar-refractivity contribution in [1.82, 2.24) is 4.98 Å². The highest BCUT2D eigenvalue weighted by Crippen LogP contribution is 2.14. The molecule has 0 unspecified atom stereocenters. The number of hydrogen-bond donors (Lipinski definition) is 1. The van der Waals surface area contributed by atoms with Crippen molar-refractivity contribution < 1.29 is 0 Å². The van der Waals surface area contributed by atoms with Gasteiger partial charge < -0.3 is 4.72 Å². The van der Waals surface area contributed by atoms with Crippen molar-refractivity contribution in [3.05, 3.63) is 23.9 Å². The number of nitrogens with zero attached hydrogens (tertiary/aromatic N) is 1. The van der Waals surface area contributed by atoms with Crippen LogP contribution in [0.25, 0.3) is 0 Å². The molecule has 0 aliphatic rings. The van der Waals surface area contributed by atoms with Crippen LogP contribution in [-0.2, 0) is 0 Å². The van der Waals surface area contributed by atoms with Crippen molar-refractivity contribution >= 4 is 36.1 Å². The summed E-state index contributed by atoms with van der Waals surface area (Å²) in [4.78, 5) is 4.23. The predicted octanol–water partition coefficient (Wildman–Crippen LogP) is 2.80. The van der Waals surface area contributed by atoms with Gasteiger partial charge in [-0.2, -0.15) is 0 Å². The molecule has 1 heterocycles. The minimum Gasteiger partial charge on any atom is -0.306 e. The summed E-state index contributed by atoms with van der Waals surface area (Å²) in [6, 6.07) is 5.90. The van der Waals surface area contributed by atoms with Crippen LogP contribution in [0, 0.1) is 6.92 Å². The summed E-state index contributed by atoms with van der Waals surface area (Å²) in [5, 5.41) is 0. The Kier molecular flexibility index (Phi) is 3.27. The molecule has 0 saturated heterocycles. The Hall–Kier alpha value is 0.0300. The van der Waals surface area contributed by atoms with Gasteiger partial charge in [-0.1, -0.05) is 6.07 Å². The van der Waals surface area contributed by atoms with Crippen LogP contribution in [0.5, 0.6) is 0 Å². The summed E-state index contributed by atoms with van der Waals surface area (Å²) in [5.74, 6) is 0.916. The molecule has 2 nitrogen and oxygen atoms in total. The van der Waals surface area contributed by atoms with Crippen LogP contribution in [0.2, 0.25) is 0 Å². The first kappa shape index (κ1) is 8.13. The van der Waals surface area contributed by atoms with Crippen LogP contribution in [0.3, 0.4) is 0 Å². The zero-order valence-corrected chi connectivity index (χ0v) is 8.44. The molecule has 4 heteroatoms. The van der Waals surface area contributed by atoms with Gasteiger partial charge in [0.05, 0.1) is 0 Å². The Balaban J connectivity index is 2.75. The van der Waals surface area contributed by atoms with E-state index in [0.29, 0.717) is 0 Å². The van der Waals surface area contributed by atoms with Crippen LogP contribution in [-0.4, -0.2) is 4.98 Å². The molecule has 1 N–H and O–H groups in total. The molecule has 0 amide bonds. The third-order valence-corrected chi connectivity index (χ3v) is 1.98. The van der Waals surface area contributed by atoms with Crippen molar-refractivity contribution in [2.45, 2.75) is 6.92 Å². The van der Waals surface area contributed by atoms with Gasteiger partial charge >= 0.3 is 0 Å². The zero-order valence-electron chi connectivity index (χ0n) is 5.47. The number of nitrogens with one attached hydrogen (secondary N) is 1. The zero-order chi connectivity index (χ0) is 7.40. The smallest absolute Gasteiger partial charge is 0.136 e. The predicted molar refractivity (Wildman–Crippen MR) is 54.2 cm³/mol. The lowest BCUT2D eigenvalue weighted by atomic mass is 10.4. The van der Waals surface area contributed by atoms with E-state index >= 15 is 0 Å². The monoisotopic (exact) mass is 266 g/mol. The molecule has 10 heavy (non-hydrogen) atoms. The van der Waals surface area contributed by atoms with E-state index in [-0.39, 0.29) is 0 Å². The second kappa shape index (κ2) is 4.02. The lowest BCUT2D eigenvalue weighted by Crippen LogP contribution is -1.87. The SMILES string of the molecule is Cc1cccc(NSI)n1. The van der Waals surface area contributed by atoms with Crippen molar-refractivity contribution in [3.63, 3.8) is 0 Å². The fraction of sp³-hybridized carbons (Fsp3) is 0.167. The minimum atomic E-state index is 0.916. The summed E-state index contributed by atoms with van der Waals surface area (Å²) in [7, 11) is 1.52. The number of anilines is 1. The van der Waals surface area contributed by atoms with E-state index in [9.17, 15) is 0 Å². The fourth-order valence-corrected chi connectivity index (χ4v) is 1.51. The Labute approximate surface area is 76.5 Å². The molecule has 0 fully saturated rings. The van der Waals surface area contributed by atoms with Crippen molar-refractivity contribution in [2.75, 3.05) is 4.72 Å². The van der Waals surface area contributed by atoms with Crippen molar-refractivity contribution in [3.8, 4) is 0 Å². The number of hydrogen-bond acceptors (Lipinski definition) is 3. The molecule has 0 radical (unpaired) electrons. The van der Waals surface area contributed by atoms with E-state index in [1.54, 1.807) is 0 Å². The Morgan fingerprint density at radius 2 is 2.40 bits per heavy atom. The van der Waals surface area contributed by atoms with E-state index in [4.69, 9.17) is 0 Å². The molecule has 54 valence electrons. The average Bonchev–Trinajstić information content (AvgIpc) is 1.88. The van der Waals surface area contributed by atoms with Crippen LogP contribution < -0.4 is 4.72 Å². The molecular weight excluding hydrogens is 259 g/mol. The fourth-order valence-electron chi connectivity index (χ4n) is 0.639. The molecule has 0 aliphatic carbocycles. The van der Waals surface area contributed by atoms with Gasteiger partial charge in [0.15, 0.2) is 0 Å². The lowest BCUT2D eigenvalue weighted by Gasteiger charge is -1.98.